The second kappa shape index (κ2) is 5.45. The molecule has 1 saturated carbocycles. The minimum absolute atomic E-state index is 0.0377. The van der Waals surface area contributed by atoms with Gasteiger partial charge in [-0.2, -0.15) is 0 Å². The summed E-state index contributed by atoms with van der Waals surface area (Å²) in [6.45, 7) is 0.645. The number of benzene rings is 1. The summed E-state index contributed by atoms with van der Waals surface area (Å²) in [5, 5.41) is 6.86. The number of anilines is 1. The molecule has 3 heterocycles. The summed E-state index contributed by atoms with van der Waals surface area (Å²) >= 11 is 0. The van der Waals surface area contributed by atoms with Gasteiger partial charge in [0, 0.05) is 42.4 Å². The van der Waals surface area contributed by atoms with E-state index in [1.54, 1.807) is 12.3 Å². The lowest BCUT2D eigenvalue weighted by Crippen LogP contribution is -2.26. The zero-order chi connectivity index (χ0) is 17.7. The lowest BCUT2D eigenvalue weighted by atomic mass is 9.87. The molecule has 1 spiro atoms. The average Bonchev–Trinajstić information content (AvgIpc) is 2.96. The van der Waals surface area contributed by atoms with Crippen LogP contribution in [0.5, 0.6) is 5.75 Å². The second-order valence-electron chi connectivity index (χ2n) is 6.93. The SMILES string of the molecule is Cn1ccnc1-c1cc(NC(=O)[C@@H]2C[C@]23CCOc2ccccc23)on1. The predicted octanol–water partition coefficient (Wildman–Crippen LogP) is 2.75. The van der Waals surface area contributed by atoms with E-state index in [4.69, 9.17) is 9.26 Å². The highest BCUT2D eigenvalue weighted by Gasteiger charge is 2.61. The van der Waals surface area contributed by atoms with E-state index in [-0.39, 0.29) is 17.2 Å². The number of ether oxygens (including phenoxy) is 1. The molecule has 1 amide bonds. The summed E-state index contributed by atoms with van der Waals surface area (Å²) in [6.07, 6.45) is 5.22. The molecule has 0 saturated heterocycles. The van der Waals surface area contributed by atoms with Gasteiger partial charge in [0.1, 0.15) is 5.75 Å². The summed E-state index contributed by atoms with van der Waals surface area (Å²) in [5.74, 6) is 1.81. The van der Waals surface area contributed by atoms with Crippen molar-refractivity contribution in [1.82, 2.24) is 14.7 Å². The monoisotopic (exact) mass is 350 g/mol. The molecule has 1 aromatic carbocycles. The topological polar surface area (TPSA) is 82.2 Å². The van der Waals surface area contributed by atoms with E-state index in [0.29, 0.717) is 24.0 Å². The van der Waals surface area contributed by atoms with Gasteiger partial charge in [-0.3, -0.25) is 10.1 Å². The third-order valence-electron chi connectivity index (χ3n) is 5.43. The fraction of sp³-hybridized carbons (Fsp3) is 0.316. The Morgan fingerprint density at radius 1 is 1.38 bits per heavy atom. The maximum atomic E-state index is 12.8. The van der Waals surface area contributed by atoms with Crippen LogP contribution in [-0.4, -0.2) is 27.2 Å². The summed E-state index contributed by atoms with van der Waals surface area (Å²) in [6, 6.07) is 9.70. The van der Waals surface area contributed by atoms with Gasteiger partial charge in [0.15, 0.2) is 11.5 Å². The van der Waals surface area contributed by atoms with Crippen LogP contribution in [-0.2, 0) is 17.3 Å². The van der Waals surface area contributed by atoms with Gasteiger partial charge < -0.3 is 13.8 Å². The Kier molecular flexibility index (Phi) is 3.19. The first kappa shape index (κ1) is 15.2. The van der Waals surface area contributed by atoms with E-state index < -0.39 is 0 Å². The highest BCUT2D eigenvalue weighted by Crippen LogP contribution is 2.60. The third kappa shape index (κ3) is 2.23. The molecule has 132 valence electrons. The summed E-state index contributed by atoms with van der Waals surface area (Å²) in [7, 11) is 1.88. The smallest absolute Gasteiger partial charge is 0.231 e. The average molecular weight is 350 g/mol. The summed E-state index contributed by atoms with van der Waals surface area (Å²) in [4.78, 5) is 17.0. The van der Waals surface area contributed by atoms with Crippen LogP contribution in [0.3, 0.4) is 0 Å². The van der Waals surface area contributed by atoms with Gasteiger partial charge in [-0.05, 0) is 18.9 Å². The Bertz CT molecular complexity index is 992. The number of imidazole rings is 1. The lowest BCUT2D eigenvalue weighted by Gasteiger charge is -2.26. The zero-order valence-electron chi connectivity index (χ0n) is 14.3. The van der Waals surface area contributed by atoms with Crippen molar-refractivity contribution in [1.29, 1.82) is 0 Å². The number of rotatable bonds is 3. The van der Waals surface area contributed by atoms with Crippen molar-refractivity contribution in [2.45, 2.75) is 18.3 Å². The van der Waals surface area contributed by atoms with Crippen molar-refractivity contribution in [2.75, 3.05) is 11.9 Å². The number of hydrogen-bond donors (Lipinski definition) is 1. The Labute approximate surface area is 150 Å². The molecule has 1 aliphatic heterocycles. The number of nitrogens with one attached hydrogen (secondary N) is 1. The Balaban J connectivity index is 1.34. The van der Waals surface area contributed by atoms with Crippen LogP contribution in [0.4, 0.5) is 5.88 Å². The van der Waals surface area contributed by atoms with E-state index >= 15 is 0 Å². The maximum absolute atomic E-state index is 12.8. The molecule has 5 rings (SSSR count). The van der Waals surface area contributed by atoms with E-state index in [1.165, 1.54) is 0 Å². The van der Waals surface area contributed by atoms with Crippen molar-refractivity contribution >= 4 is 11.8 Å². The molecule has 2 aliphatic rings. The highest BCUT2D eigenvalue weighted by molar-refractivity contribution is 5.95. The first-order chi connectivity index (χ1) is 12.7. The largest absolute Gasteiger partial charge is 0.493 e. The van der Waals surface area contributed by atoms with Gasteiger partial charge in [-0.15, -0.1) is 0 Å². The molecule has 1 aliphatic carbocycles. The molecule has 3 aromatic rings. The fourth-order valence-electron chi connectivity index (χ4n) is 3.97. The number of fused-ring (bicyclic) bond motifs is 2. The lowest BCUT2D eigenvalue weighted by molar-refractivity contribution is -0.118. The minimum atomic E-state index is -0.110. The van der Waals surface area contributed by atoms with Gasteiger partial charge in [0.25, 0.3) is 0 Å². The molecule has 7 heteroatoms. The number of nitrogens with zero attached hydrogens (tertiary/aromatic N) is 3. The standard InChI is InChI=1S/C19H18N4O3/c1-23-8-7-20-17(23)14-10-16(26-22-14)21-18(24)13-11-19(13)6-9-25-15-5-3-2-4-12(15)19/h2-5,7-8,10,13H,6,9,11H2,1H3,(H,21,24)/t13-,19-/m0/s1. The van der Waals surface area contributed by atoms with Gasteiger partial charge in [-0.1, -0.05) is 23.4 Å². The zero-order valence-corrected chi connectivity index (χ0v) is 14.3. The summed E-state index contributed by atoms with van der Waals surface area (Å²) < 4.78 is 12.9. The molecule has 26 heavy (non-hydrogen) atoms. The predicted molar refractivity (Wildman–Crippen MR) is 93.7 cm³/mol. The van der Waals surface area contributed by atoms with Crippen molar-refractivity contribution in [3.63, 3.8) is 0 Å². The quantitative estimate of drug-likeness (QED) is 0.785. The fourth-order valence-corrected chi connectivity index (χ4v) is 3.97. The van der Waals surface area contributed by atoms with Gasteiger partial charge >= 0.3 is 0 Å². The number of hydrogen-bond acceptors (Lipinski definition) is 5. The Morgan fingerprint density at radius 3 is 3.12 bits per heavy atom. The number of para-hydroxylation sites is 1. The number of carbonyl (C=O) groups excluding carboxylic acids is 1. The van der Waals surface area contributed by atoms with Gasteiger partial charge in [-0.25, -0.2) is 4.98 Å². The molecule has 1 N–H and O–H groups in total. The highest BCUT2D eigenvalue weighted by atomic mass is 16.5. The normalized spacial score (nSPS) is 23.3. The van der Waals surface area contributed by atoms with Crippen molar-refractivity contribution in [3.8, 4) is 17.3 Å². The molecule has 2 atom stereocenters. The van der Waals surface area contributed by atoms with Crippen LogP contribution < -0.4 is 10.1 Å². The van der Waals surface area contributed by atoms with E-state index in [9.17, 15) is 4.79 Å². The molecule has 2 aromatic heterocycles. The number of amides is 1. The third-order valence-corrected chi connectivity index (χ3v) is 5.43. The number of aromatic nitrogens is 3. The molecule has 0 bridgehead atoms. The molecule has 0 radical (unpaired) electrons. The van der Waals surface area contributed by atoms with Crippen molar-refractivity contribution < 1.29 is 14.1 Å². The Morgan fingerprint density at radius 2 is 2.27 bits per heavy atom. The van der Waals surface area contributed by atoms with Crippen molar-refractivity contribution in [3.05, 3.63) is 48.3 Å². The van der Waals surface area contributed by atoms with Crippen LogP contribution in [0.15, 0.2) is 47.2 Å². The Hall–Kier alpha value is -3.09. The van der Waals surface area contributed by atoms with Crippen LogP contribution in [0.25, 0.3) is 11.5 Å². The minimum Gasteiger partial charge on any atom is -0.493 e. The first-order valence-electron chi connectivity index (χ1n) is 8.65. The summed E-state index contributed by atoms with van der Waals surface area (Å²) in [5.41, 5.74) is 1.62. The van der Waals surface area contributed by atoms with Crippen LogP contribution in [0, 0.1) is 5.92 Å². The van der Waals surface area contributed by atoms with Gasteiger partial charge in [0.2, 0.25) is 11.8 Å². The van der Waals surface area contributed by atoms with E-state index in [0.717, 1.165) is 24.2 Å². The maximum Gasteiger partial charge on any atom is 0.231 e. The molecular weight excluding hydrogens is 332 g/mol. The van der Waals surface area contributed by atoms with E-state index in [2.05, 4.69) is 21.5 Å². The second-order valence-corrected chi connectivity index (χ2v) is 6.93. The molecular formula is C19H18N4O3. The molecule has 7 nitrogen and oxygen atoms in total. The number of aryl methyl sites for hydroxylation is 1. The van der Waals surface area contributed by atoms with Crippen LogP contribution >= 0.6 is 0 Å². The number of carbonyl (C=O) groups is 1. The molecule has 1 fully saturated rings. The van der Waals surface area contributed by atoms with Gasteiger partial charge in [0.05, 0.1) is 6.61 Å². The van der Waals surface area contributed by atoms with E-state index in [1.807, 2.05) is 36.0 Å². The first-order valence-corrected chi connectivity index (χ1v) is 8.65. The van der Waals surface area contributed by atoms with Crippen LogP contribution in [0.2, 0.25) is 0 Å². The molecule has 0 unspecified atom stereocenters. The van der Waals surface area contributed by atoms with Crippen LogP contribution in [0.1, 0.15) is 18.4 Å². The van der Waals surface area contributed by atoms with Crippen molar-refractivity contribution in [2.24, 2.45) is 13.0 Å².